The number of likely N-dealkylation sites (tertiary alicyclic amines) is 1. The van der Waals surface area contributed by atoms with Gasteiger partial charge < -0.3 is 19.7 Å². The molecule has 0 aromatic carbocycles. The Morgan fingerprint density at radius 2 is 2.09 bits per heavy atom. The molecule has 0 aromatic rings. The summed E-state index contributed by atoms with van der Waals surface area (Å²) in [4.78, 5) is 13.9. The van der Waals surface area contributed by atoms with Crippen LogP contribution in [0, 0.1) is 0 Å². The highest BCUT2D eigenvalue weighted by atomic mass is 16.6. The summed E-state index contributed by atoms with van der Waals surface area (Å²) in [6, 6.07) is 0. The third-order valence-electron chi connectivity index (χ3n) is 4.30. The van der Waals surface area contributed by atoms with Crippen LogP contribution >= 0.6 is 0 Å². The van der Waals surface area contributed by atoms with Gasteiger partial charge in [-0.05, 0) is 59.5 Å². The van der Waals surface area contributed by atoms with Crippen molar-refractivity contribution >= 4 is 6.09 Å². The molecule has 5 nitrogen and oxygen atoms in total. The van der Waals surface area contributed by atoms with E-state index in [2.05, 4.69) is 18.3 Å². The minimum absolute atomic E-state index is 0.0725. The van der Waals surface area contributed by atoms with Gasteiger partial charge in [0.15, 0.2) is 0 Å². The number of nitrogens with one attached hydrogen (secondary N) is 1. The molecule has 2 aliphatic heterocycles. The second-order valence-electron chi connectivity index (χ2n) is 7.62. The van der Waals surface area contributed by atoms with E-state index in [1.165, 1.54) is 0 Å². The van der Waals surface area contributed by atoms with E-state index in [4.69, 9.17) is 9.47 Å². The lowest BCUT2D eigenvalue weighted by Gasteiger charge is -2.41. The number of amides is 1. The van der Waals surface area contributed by atoms with E-state index in [-0.39, 0.29) is 17.7 Å². The molecule has 2 rings (SSSR count). The maximum atomic E-state index is 12.1. The van der Waals surface area contributed by atoms with Crippen LogP contribution in [0.4, 0.5) is 4.79 Å². The third-order valence-corrected chi connectivity index (χ3v) is 4.30. The summed E-state index contributed by atoms with van der Waals surface area (Å²) in [5.41, 5.74) is -0.356. The van der Waals surface area contributed by atoms with Gasteiger partial charge in [-0.25, -0.2) is 4.79 Å². The topological polar surface area (TPSA) is 50.8 Å². The Balaban J connectivity index is 1.75. The van der Waals surface area contributed by atoms with Crippen LogP contribution in [0.15, 0.2) is 12.3 Å². The highest BCUT2D eigenvalue weighted by molar-refractivity contribution is 5.68. The smallest absolute Gasteiger partial charge is 0.410 e. The number of carbonyl (C=O) groups excluding carboxylic acids is 1. The van der Waals surface area contributed by atoms with Gasteiger partial charge in [0.2, 0.25) is 0 Å². The number of hydrogen-bond donors (Lipinski definition) is 1. The molecule has 1 atom stereocenters. The second-order valence-corrected chi connectivity index (χ2v) is 7.62. The number of allylic oxidation sites excluding steroid dienone is 1. The van der Waals surface area contributed by atoms with Crippen molar-refractivity contribution in [2.75, 3.05) is 19.6 Å². The van der Waals surface area contributed by atoms with Crippen LogP contribution in [0.5, 0.6) is 0 Å². The maximum Gasteiger partial charge on any atom is 0.410 e. The van der Waals surface area contributed by atoms with Gasteiger partial charge >= 0.3 is 6.09 Å². The molecule has 1 fully saturated rings. The van der Waals surface area contributed by atoms with Crippen molar-refractivity contribution in [3.05, 3.63) is 12.3 Å². The lowest BCUT2D eigenvalue weighted by Crippen LogP contribution is -2.54. The highest BCUT2D eigenvalue weighted by Gasteiger charge is 2.33. The van der Waals surface area contributed by atoms with Crippen LogP contribution in [-0.2, 0) is 9.47 Å². The zero-order chi connectivity index (χ0) is 16.2. The number of carbonyl (C=O) groups is 1. The Hall–Kier alpha value is -1.23. The molecule has 0 saturated carbocycles. The fourth-order valence-corrected chi connectivity index (χ4v) is 2.78. The largest absolute Gasteiger partial charge is 0.497 e. The number of ether oxygens (including phenoxy) is 2. The number of rotatable bonds is 3. The predicted molar refractivity (Wildman–Crippen MR) is 86.7 cm³/mol. The SMILES string of the molecule is CC1(NCC2CCC=CO2)CCN(C(=O)OC(C)(C)C)CC1. The average Bonchev–Trinajstić information content (AvgIpc) is 2.45. The van der Waals surface area contributed by atoms with Gasteiger partial charge in [0, 0.05) is 25.2 Å². The highest BCUT2D eigenvalue weighted by Crippen LogP contribution is 2.24. The van der Waals surface area contributed by atoms with E-state index in [0.717, 1.165) is 45.3 Å². The van der Waals surface area contributed by atoms with Gasteiger partial charge in [0.25, 0.3) is 0 Å². The van der Waals surface area contributed by atoms with E-state index in [1.807, 2.05) is 31.9 Å². The Kier molecular flexibility index (Phi) is 5.37. The first-order valence-corrected chi connectivity index (χ1v) is 8.31. The summed E-state index contributed by atoms with van der Waals surface area (Å²) < 4.78 is 11.0. The molecule has 2 aliphatic rings. The first-order chi connectivity index (χ1) is 10.3. The van der Waals surface area contributed by atoms with Gasteiger partial charge in [0.05, 0.1) is 6.26 Å². The molecule has 1 N–H and O–H groups in total. The fourth-order valence-electron chi connectivity index (χ4n) is 2.78. The predicted octanol–water partition coefficient (Wildman–Crippen LogP) is 3.06. The van der Waals surface area contributed by atoms with E-state index >= 15 is 0 Å². The summed E-state index contributed by atoms with van der Waals surface area (Å²) in [5.74, 6) is 0. The monoisotopic (exact) mass is 310 g/mol. The lowest BCUT2D eigenvalue weighted by molar-refractivity contribution is 0.0146. The van der Waals surface area contributed by atoms with Crippen molar-refractivity contribution < 1.29 is 14.3 Å². The van der Waals surface area contributed by atoms with Crippen molar-refractivity contribution in [3.8, 4) is 0 Å². The molecule has 2 heterocycles. The average molecular weight is 310 g/mol. The van der Waals surface area contributed by atoms with Crippen LogP contribution in [0.3, 0.4) is 0 Å². The lowest BCUT2D eigenvalue weighted by atomic mass is 9.89. The van der Waals surface area contributed by atoms with Gasteiger partial charge in [0.1, 0.15) is 11.7 Å². The van der Waals surface area contributed by atoms with Crippen molar-refractivity contribution in [2.45, 2.75) is 70.6 Å². The van der Waals surface area contributed by atoms with Crippen LogP contribution < -0.4 is 5.32 Å². The van der Waals surface area contributed by atoms with Gasteiger partial charge in [-0.15, -0.1) is 0 Å². The molecular weight excluding hydrogens is 280 g/mol. The molecule has 0 aromatic heterocycles. The third kappa shape index (κ3) is 5.20. The Bertz CT molecular complexity index is 407. The molecule has 126 valence electrons. The molecule has 1 amide bonds. The van der Waals surface area contributed by atoms with Crippen LogP contribution in [0.25, 0.3) is 0 Å². The summed E-state index contributed by atoms with van der Waals surface area (Å²) in [6.07, 6.45) is 7.99. The molecule has 1 unspecified atom stereocenters. The number of piperidine rings is 1. The van der Waals surface area contributed by atoms with Crippen molar-refractivity contribution in [1.82, 2.24) is 10.2 Å². The molecular formula is C17H30N2O3. The van der Waals surface area contributed by atoms with Crippen molar-refractivity contribution in [3.63, 3.8) is 0 Å². The van der Waals surface area contributed by atoms with E-state index in [1.54, 1.807) is 0 Å². The summed E-state index contributed by atoms with van der Waals surface area (Å²) in [7, 11) is 0. The van der Waals surface area contributed by atoms with Crippen molar-refractivity contribution in [1.29, 1.82) is 0 Å². The zero-order valence-electron chi connectivity index (χ0n) is 14.4. The Labute approximate surface area is 134 Å². The van der Waals surface area contributed by atoms with Crippen LogP contribution in [-0.4, -0.2) is 47.9 Å². The van der Waals surface area contributed by atoms with Crippen LogP contribution in [0.2, 0.25) is 0 Å². The van der Waals surface area contributed by atoms with E-state index in [0.29, 0.717) is 0 Å². The Morgan fingerprint density at radius 3 is 2.64 bits per heavy atom. The number of nitrogens with zero attached hydrogens (tertiary/aromatic N) is 1. The summed E-state index contributed by atoms with van der Waals surface area (Å²) >= 11 is 0. The zero-order valence-corrected chi connectivity index (χ0v) is 14.4. The van der Waals surface area contributed by atoms with Crippen LogP contribution in [0.1, 0.15) is 53.4 Å². The van der Waals surface area contributed by atoms with E-state index in [9.17, 15) is 4.79 Å². The minimum atomic E-state index is -0.429. The number of hydrogen-bond acceptors (Lipinski definition) is 4. The fraction of sp³-hybridized carbons (Fsp3) is 0.824. The molecule has 0 spiro atoms. The molecule has 1 saturated heterocycles. The summed E-state index contributed by atoms with van der Waals surface area (Å²) in [5, 5.41) is 3.64. The summed E-state index contributed by atoms with van der Waals surface area (Å²) in [6.45, 7) is 10.3. The molecule has 0 bridgehead atoms. The standard InChI is InChI=1S/C17H30N2O3/c1-16(2,3)22-15(20)19-10-8-17(4,9-11-19)18-13-14-7-5-6-12-21-14/h6,12,14,18H,5,7-11,13H2,1-4H3. The normalized spacial score (nSPS) is 24.7. The minimum Gasteiger partial charge on any atom is -0.497 e. The first kappa shape index (κ1) is 17.1. The van der Waals surface area contributed by atoms with Gasteiger partial charge in [-0.2, -0.15) is 0 Å². The Morgan fingerprint density at radius 1 is 1.41 bits per heavy atom. The molecule has 5 heteroatoms. The van der Waals surface area contributed by atoms with E-state index < -0.39 is 5.60 Å². The second kappa shape index (κ2) is 6.90. The van der Waals surface area contributed by atoms with Gasteiger partial charge in [-0.1, -0.05) is 0 Å². The van der Waals surface area contributed by atoms with Gasteiger partial charge in [-0.3, -0.25) is 0 Å². The molecule has 0 radical (unpaired) electrons. The quantitative estimate of drug-likeness (QED) is 0.870. The maximum absolute atomic E-state index is 12.1. The molecule has 0 aliphatic carbocycles. The molecule has 22 heavy (non-hydrogen) atoms. The first-order valence-electron chi connectivity index (χ1n) is 8.31. The van der Waals surface area contributed by atoms with Crippen molar-refractivity contribution in [2.24, 2.45) is 0 Å².